The molecule has 182 valence electrons. The van der Waals surface area contributed by atoms with Gasteiger partial charge in [-0.3, -0.25) is 9.59 Å². The molecule has 0 amide bonds. The zero-order valence-corrected chi connectivity index (χ0v) is 20.0. The van der Waals surface area contributed by atoms with Crippen LogP contribution in [0.2, 0.25) is 0 Å². The average molecular weight is 476 g/mol. The molecule has 2 bridgehead atoms. The number of ether oxygens (including phenoxy) is 1. The summed E-state index contributed by atoms with van der Waals surface area (Å²) in [5, 5.41) is 3.10. The van der Waals surface area contributed by atoms with Crippen molar-refractivity contribution in [3.63, 3.8) is 0 Å². The van der Waals surface area contributed by atoms with Crippen molar-refractivity contribution in [2.45, 2.75) is 25.9 Å². The highest BCUT2D eigenvalue weighted by molar-refractivity contribution is 5.96. The molecule has 3 aliphatic heterocycles. The van der Waals surface area contributed by atoms with E-state index >= 15 is 0 Å². The van der Waals surface area contributed by atoms with Crippen LogP contribution in [0, 0.1) is 11.7 Å². The Labute approximate surface area is 206 Å². The summed E-state index contributed by atoms with van der Waals surface area (Å²) in [4.78, 5) is 23.7. The molecule has 35 heavy (non-hydrogen) atoms. The number of nitrogens with one attached hydrogen (secondary N) is 1. The van der Waals surface area contributed by atoms with Gasteiger partial charge in [-0.05, 0) is 30.3 Å². The Hall–Kier alpha value is -3.51. The zero-order chi connectivity index (χ0) is 24.7. The van der Waals surface area contributed by atoms with Gasteiger partial charge in [-0.2, -0.15) is 0 Å². The average Bonchev–Trinajstić information content (AvgIpc) is 2.86. The number of Topliss-reactive ketones (excluding diaryl/α,β-unsaturated/α-hetero) is 1. The van der Waals surface area contributed by atoms with Gasteiger partial charge in [0.25, 0.3) is 0 Å². The molecule has 3 aromatic carbocycles. The molecule has 6 heteroatoms. The predicted molar refractivity (Wildman–Crippen MR) is 135 cm³/mol. The maximum Gasteiger partial charge on any atom is 0.303 e. The van der Waals surface area contributed by atoms with E-state index in [-0.39, 0.29) is 23.7 Å². The Morgan fingerprint density at radius 1 is 0.914 bits per heavy atom. The lowest BCUT2D eigenvalue weighted by Gasteiger charge is -2.51. The summed E-state index contributed by atoms with van der Waals surface area (Å²) in [6.45, 7) is 4.84. The second-order valence-corrected chi connectivity index (χ2v) is 9.41. The lowest BCUT2D eigenvalue weighted by molar-refractivity contribution is -0.938. The van der Waals surface area contributed by atoms with Crippen molar-refractivity contribution in [2.24, 2.45) is 5.92 Å². The minimum absolute atomic E-state index is 0.00595. The van der Waals surface area contributed by atoms with Crippen molar-refractivity contribution in [3.05, 3.63) is 96.3 Å². The SMILES string of the molecule is CC(=O)OC1C[N+]2(CC(=O)c3ccccc3)CCC1CC2.Fc1cccc(Nc2ccccc2)c1. The van der Waals surface area contributed by atoms with Crippen LogP contribution in [-0.4, -0.2) is 48.5 Å². The first-order chi connectivity index (χ1) is 16.9. The third-order valence-electron chi connectivity index (χ3n) is 6.82. The smallest absolute Gasteiger partial charge is 0.303 e. The quantitative estimate of drug-likeness (QED) is 0.286. The maximum absolute atomic E-state index is 12.8. The predicted octanol–water partition coefficient (Wildman–Crippen LogP) is 5.61. The van der Waals surface area contributed by atoms with Crippen molar-refractivity contribution in [3.8, 4) is 0 Å². The summed E-state index contributed by atoms with van der Waals surface area (Å²) < 4.78 is 19.1. The van der Waals surface area contributed by atoms with Gasteiger partial charge >= 0.3 is 5.97 Å². The maximum atomic E-state index is 12.8. The summed E-state index contributed by atoms with van der Waals surface area (Å²) in [6.07, 6.45) is 2.11. The molecular formula is C29H32FN2O3+. The zero-order valence-electron chi connectivity index (χ0n) is 20.0. The number of hydrogen-bond donors (Lipinski definition) is 1. The van der Waals surface area contributed by atoms with Gasteiger partial charge < -0.3 is 14.5 Å². The fourth-order valence-electron chi connectivity index (χ4n) is 5.06. The summed E-state index contributed by atoms with van der Waals surface area (Å²) in [5.74, 6) is 0.241. The van der Waals surface area contributed by atoms with E-state index in [4.69, 9.17) is 4.74 Å². The lowest BCUT2D eigenvalue weighted by atomic mass is 9.83. The van der Waals surface area contributed by atoms with E-state index in [0.717, 1.165) is 53.9 Å². The molecule has 0 aromatic heterocycles. The molecule has 0 radical (unpaired) electrons. The Morgan fingerprint density at radius 3 is 2.17 bits per heavy atom. The number of anilines is 2. The molecule has 3 heterocycles. The standard InChI is InChI=1S/C17H22NO3.C12H10FN/c1-13(19)21-17-12-18(9-7-15(17)8-10-18)11-16(20)14-5-3-2-4-6-14;13-10-5-4-8-12(9-10)14-11-6-2-1-3-7-11/h2-6,15,17H,7-12H2,1H3;1-9,14H/q+1;. The molecule has 3 aliphatic rings. The Morgan fingerprint density at radius 2 is 1.54 bits per heavy atom. The van der Waals surface area contributed by atoms with Crippen LogP contribution in [0.1, 0.15) is 30.1 Å². The summed E-state index contributed by atoms with van der Waals surface area (Å²) in [5.41, 5.74) is 2.50. The number of quaternary nitrogens is 1. The number of nitrogens with zero attached hydrogens (tertiary/aromatic N) is 1. The first-order valence-electron chi connectivity index (χ1n) is 12.1. The van der Waals surface area contributed by atoms with Crippen LogP contribution < -0.4 is 5.32 Å². The molecule has 1 unspecified atom stereocenters. The van der Waals surface area contributed by atoms with Crippen molar-refractivity contribution in [2.75, 3.05) is 31.5 Å². The summed E-state index contributed by atoms with van der Waals surface area (Å²) >= 11 is 0. The van der Waals surface area contributed by atoms with Gasteiger partial charge in [0.1, 0.15) is 18.9 Å². The molecule has 0 saturated carbocycles. The normalized spacial score (nSPS) is 22.5. The first kappa shape index (κ1) is 24.6. The lowest BCUT2D eigenvalue weighted by Crippen LogP contribution is -2.65. The van der Waals surface area contributed by atoms with Gasteiger partial charge in [-0.25, -0.2) is 4.39 Å². The second-order valence-electron chi connectivity index (χ2n) is 9.41. The van der Waals surface area contributed by atoms with E-state index in [1.807, 2.05) is 66.7 Å². The van der Waals surface area contributed by atoms with Crippen molar-refractivity contribution < 1.29 is 23.2 Å². The van der Waals surface area contributed by atoms with Crippen LogP contribution in [0.5, 0.6) is 0 Å². The number of ketones is 1. The van der Waals surface area contributed by atoms with Crippen LogP contribution in [0.15, 0.2) is 84.9 Å². The van der Waals surface area contributed by atoms with E-state index < -0.39 is 0 Å². The summed E-state index contributed by atoms with van der Waals surface area (Å²) in [6, 6.07) is 25.6. The van der Waals surface area contributed by atoms with Gasteiger partial charge in [0.15, 0.2) is 6.10 Å². The summed E-state index contributed by atoms with van der Waals surface area (Å²) in [7, 11) is 0. The molecule has 0 aliphatic carbocycles. The third kappa shape index (κ3) is 6.76. The first-order valence-corrected chi connectivity index (χ1v) is 12.1. The molecular weight excluding hydrogens is 443 g/mol. The van der Waals surface area contributed by atoms with Crippen LogP contribution in [0.4, 0.5) is 15.8 Å². The number of esters is 1. The number of piperidine rings is 3. The van der Waals surface area contributed by atoms with Crippen LogP contribution in [0.3, 0.4) is 0 Å². The van der Waals surface area contributed by atoms with Gasteiger partial charge in [-0.1, -0.05) is 54.6 Å². The highest BCUT2D eigenvalue weighted by Gasteiger charge is 2.48. The highest BCUT2D eigenvalue weighted by Crippen LogP contribution is 2.35. The minimum atomic E-state index is -0.231. The van der Waals surface area contributed by atoms with Crippen molar-refractivity contribution >= 4 is 23.1 Å². The molecule has 6 rings (SSSR count). The number of carbonyl (C=O) groups excluding carboxylic acids is 2. The fourth-order valence-corrected chi connectivity index (χ4v) is 5.06. The topological polar surface area (TPSA) is 55.4 Å². The van der Waals surface area contributed by atoms with Crippen molar-refractivity contribution in [1.82, 2.24) is 0 Å². The molecule has 1 N–H and O–H groups in total. The van der Waals surface area contributed by atoms with E-state index in [1.54, 1.807) is 6.07 Å². The molecule has 3 fully saturated rings. The van der Waals surface area contributed by atoms with E-state index in [1.165, 1.54) is 19.1 Å². The fraction of sp³-hybridized carbons (Fsp3) is 0.310. The van der Waals surface area contributed by atoms with Crippen LogP contribution in [0.25, 0.3) is 0 Å². The van der Waals surface area contributed by atoms with Gasteiger partial charge in [0.05, 0.1) is 13.1 Å². The van der Waals surface area contributed by atoms with E-state index in [9.17, 15) is 14.0 Å². The molecule has 0 spiro atoms. The van der Waals surface area contributed by atoms with Crippen LogP contribution >= 0.6 is 0 Å². The number of para-hydroxylation sites is 1. The number of carbonyl (C=O) groups is 2. The van der Waals surface area contributed by atoms with Crippen molar-refractivity contribution in [1.29, 1.82) is 0 Å². The number of rotatable bonds is 6. The second kappa shape index (κ2) is 11.3. The largest absolute Gasteiger partial charge is 0.456 e. The third-order valence-corrected chi connectivity index (χ3v) is 6.82. The molecule has 5 nitrogen and oxygen atoms in total. The number of fused-ring (bicyclic) bond motifs is 3. The molecule has 3 saturated heterocycles. The Balaban J connectivity index is 0.000000179. The molecule has 3 aromatic rings. The van der Waals surface area contributed by atoms with Crippen LogP contribution in [-0.2, 0) is 9.53 Å². The number of benzene rings is 3. The Bertz CT molecular complexity index is 1130. The Kier molecular flexibility index (Phi) is 7.93. The molecule has 1 atom stereocenters. The van der Waals surface area contributed by atoms with Gasteiger partial charge in [0, 0.05) is 42.6 Å². The van der Waals surface area contributed by atoms with Gasteiger partial charge in [0.2, 0.25) is 5.78 Å². The number of hydrogen-bond acceptors (Lipinski definition) is 4. The van der Waals surface area contributed by atoms with E-state index in [0.29, 0.717) is 12.5 Å². The van der Waals surface area contributed by atoms with Gasteiger partial charge in [-0.15, -0.1) is 0 Å². The van der Waals surface area contributed by atoms with E-state index in [2.05, 4.69) is 5.32 Å². The monoisotopic (exact) mass is 475 g/mol. The number of halogens is 1. The highest BCUT2D eigenvalue weighted by atomic mass is 19.1. The minimum Gasteiger partial charge on any atom is -0.456 e.